The minimum absolute atomic E-state index is 0. The van der Waals surface area contributed by atoms with E-state index < -0.39 is 0 Å². The summed E-state index contributed by atoms with van der Waals surface area (Å²) in [6.45, 7) is 5.60. The topological polar surface area (TPSA) is 64.4 Å². The van der Waals surface area contributed by atoms with Gasteiger partial charge in [-0.05, 0) is 30.6 Å². The molecule has 0 heterocycles. The van der Waals surface area contributed by atoms with E-state index >= 15 is 0 Å². The highest BCUT2D eigenvalue weighted by Crippen LogP contribution is 2.43. The first kappa shape index (κ1) is 18.7. The first-order valence-corrected chi connectivity index (χ1v) is 7.07. The van der Waals surface area contributed by atoms with Gasteiger partial charge in [0.15, 0.2) is 0 Å². The Kier molecular flexibility index (Phi) is 8.62. The number of nitrogens with two attached hydrogens (primary N) is 1. The molecular formula is C14H29ClN2O2. The van der Waals surface area contributed by atoms with Gasteiger partial charge in [0.1, 0.15) is 0 Å². The molecule has 0 spiro atoms. The summed E-state index contributed by atoms with van der Waals surface area (Å²) in [4.78, 5) is 11.9. The highest BCUT2D eigenvalue weighted by atomic mass is 35.5. The molecule has 1 amide bonds. The number of rotatable bonds is 8. The lowest BCUT2D eigenvalue weighted by molar-refractivity contribution is -0.124. The maximum atomic E-state index is 11.9. The fraction of sp³-hybridized carbons (Fsp3) is 0.929. The average molecular weight is 293 g/mol. The standard InChI is InChI=1S/C14H28N2O2.ClH/c1-4-11(2)12(15)13(17)16-10-14(6-5-7-14)8-9-18-3;/h11-12H,4-10,15H2,1-3H3,(H,16,17);1H. The average Bonchev–Trinajstić information content (AvgIpc) is 2.34. The fourth-order valence-electron chi connectivity index (χ4n) is 2.42. The van der Waals surface area contributed by atoms with Gasteiger partial charge in [-0.3, -0.25) is 4.79 Å². The highest BCUT2D eigenvalue weighted by Gasteiger charge is 2.37. The Hall–Kier alpha value is -0.320. The zero-order valence-corrected chi connectivity index (χ0v) is 13.2. The zero-order valence-electron chi connectivity index (χ0n) is 12.4. The molecule has 1 saturated carbocycles. The van der Waals surface area contributed by atoms with Crippen LogP contribution in [0.5, 0.6) is 0 Å². The molecule has 0 saturated heterocycles. The number of carbonyl (C=O) groups excluding carboxylic acids is 1. The van der Waals surface area contributed by atoms with Crippen LogP contribution in [0.25, 0.3) is 0 Å². The van der Waals surface area contributed by atoms with Gasteiger partial charge in [-0.15, -0.1) is 12.4 Å². The Bertz CT molecular complexity index is 270. The van der Waals surface area contributed by atoms with Gasteiger partial charge >= 0.3 is 0 Å². The molecule has 1 aliphatic rings. The molecule has 0 aromatic carbocycles. The lowest BCUT2D eigenvalue weighted by Crippen LogP contribution is -2.49. The summed E-state index contributed by atoms with van der Waals surface area (Å²) >= 11 is 0. The summed E-state index contributed by atoms with van der Waals surface area (Å²) in [5, 5.41) is 3.03. The van der Waals surface area contributed by atoms with Gasteiger partial charge in [0.25, 0.3) is 0 Å². The summed E-state index contributed by atoms with van der Waals surface area (Å²) in [6.07, 6.45) is 5.60. The van der Waals surface area contributed by atoms with Crippen LogP contribution in [-0.2, 0) is 9.53 Å². The molecule has 19 heavy (non-hydrogen) atoms. The molecule has 4 nitrogen and oxygen atoms in total. The SMILES string of the molecule is CCC(C)C(N)C(=O)NCC1(CCOC)CCC1.Cl. The van der Waals surface area contributed by atoms with Gasteiger partial charge in [-0.2, -0.15) is 0 Å². The van der Waals surface area contributed by atoms with E-state index in [1.165, 1.54) is 19.3 Å². The maximum absolute atomic E-state index is 11.9. The van der Waals surface area contributed by atoms with Crippen LogP contribution < -0.4 is 11.1 Å². The summed E-state index contributed by atoms with van der Waals surface area (Å²) in [7, 11) is 1.73. The second-order valence-corrected chi connectivity index (χ2v) is 5.73. The monoisotopic (exact) mass is 292 g/mol. The smallest absolute Gasteiger partial charge is 0.237 e. The number of carbonyl (C=O) groups is 1. The predicted molar refractivity (Wildman–Crippen MR) is 80.5 cm³/mol. The molecule has 0 aromatic rings. The van der Waals surface area contributed by atoms with E-state index in [0.29, 0.717) is 0 Å². The molecule has 5 heteroatoms. The summed E-state index contributed by atoms with van der Waals surface area (Å²) in [6, 6.07) is -0.380. The van der Waals surface area contributed by atoms with E-state index in [2.05, 4.69) is 12.2 Å². The Morgan fingerprint density at radius 2 is 2.11 bits per heavy atom. The van der Waals surface area contributed by atoms with E-state index in [1.54, 1.807) is 7.11 Å². The lowest BCUT2D eigenvalue weighted by atomic mass is 9.66. The van der Waals surface area contributed by atoms with Gasteiger partial charge in [0, 0.05) is 20.3 Å². The van der Waals surface area contributed by atoms with Crippen LogP contribution in [0.3, 0.4) is 0 Å². The van der Waals surface area contributed by atoms with E-state index in [0.717, 1.165) is 26.0 Å². The van der Waals surface area contributed by atoms with Gasteiger partial charge in [-0.1, -0.05) is 26.7 Å². The Morgan fingerprint density at radius 1 is 1.47 bits per heavy atom. The molecule has 1 rings (SSSR count). The number of hydrogen-bond acceptors (Lipinski definition) is 3. The minimum Gasteiger partial charge on any atom is -0.385 e. The third kappa shape index (κ3) is 5.28. The molecule has 114 valence electrons. The van der Waals surface area contributed by atoms with Gasteiger partial charge < -0.3 is 15.8 Å². The Morgan fingerprint density at radius 3 is 2.53 bits per heavy atom. The van der Waals surface area contributed by atoms with E-state index in [9.17, 15) is 4.79 Å². The first-order chi connectivity index (χ1) is 8.54. The molecule has 0 aromatic heterocycles. The van der Waals surface area contributed by atoms with Crippen molar-refractivity contribution in [1.29, 1.82) is 0 Å². The molecule has 1 fully saturated rings. The molecular weight excluding hydrogens is 264 g/mol. The van der Waals surface area contributed by atoms with Crippen LogP contribution in [0.1, 0.15) is 46.0 Å². The van der Waals surface area contributed by atoms with Crippen LogP contribution >= 0.6 is 12.4 Å². The summed E-state index contributed by atoms with van der Waals surface area (Å²) < 4.78 is 5.15. The zero-order chi connectivity index (χ0) is 13.6. The third-order valence-electron chi connectivity index (χ3n) is 4.45. The fourth-order valence-corrected chi connectivity index (χ4v) is 2.42. The van der Waals surface area contributed by atoms with Crippen LogP contribution in [-0.4, -0.2) is 32.2 Å². The summed E-state index contributed by atoms with van der Waals surface area (Å²) in [5.41, 5.74) is 6.19. The van der Waals surface area contributed by atoms with E-state index in [-0.39, 0.29) is 35.7 Å². The Balaban J connectivity index is 0.00000324. The number of methoxy groups -OCH3 is 1. The quantitative estimate of drug-likeness (QED) is 0.720. The third-order valence-corrected chi connectivity index (χ3v) is 4.45. The molecule has 2 unspecified atom stereocenters. The largest absolute Gasteiger partial charge is 0.385 e. The molecule has 3 N–H and O–H groups in total. The normalized spacial score (nSPS) is 19.8. The second kappa shape index (κ2) is 8.77. The van der Waals surface area contributed by atoms with Gasteiger partial charge in [0.05, 0.1) is 6.04 Å². The van der Waals surface area contributed by atoms with E-state index in [4.69, 9.17) is 10.5 Å². The van der Waals surface area contributed by atoms with Crippen molar-refractivity contribution < 1.29 is 9.53 Å². The predicted octanol–water partition coefficient (Wildman–Crippen LogP) is 2.10. The molecule has 0 bridgehead atoms. The number of amides is 1. The van der Waals surface area contributed by atoms with Crippen LogP contribution in [0, 0.1) is 11.3 Å². The van der Waals surface area contributed by atoms with Gasteiger partial charge in [-0.25, -0.2) is 0 Å². The van der Waals surface area contributed by atoms with Crippen molar-refractivity contribution in [3.8, 4) is 0 Å². The second-order valence-electron chi connectivity index (χ2n) is 5.73. The maximum Gasteiger partial charge on any atom is 0.237 e. The van der Waals surface area contributed by atoms with Crippen LogP contribution in [0.15, 0.2) is 0 Å². The number of ether oxygens (including phenoxy) is 1. The van der Waals surface area contributed by atoms with Crippen molar-refractivity contribution in [2.45, 2.75) is 52.0 Å². The number of hydrogen-bond donors (Lipinski definition) is 2. The molecule has 0 radical (unpaired) electrons. The van der Waals surface area contributed by atoms with E-state index in [1.807, 2.05) is 6.92 Å². The first-order valence-electron chi connectivity index (χ1n) is 7.07. The van der Waals surface area contributed by atoms with Crippen molar-refractivity contribution in [1.82, 2.24) is 5.32 Å². The van der Waals surface area contributed by atoms with Crippen molar-refractivity contribution in [2.75, 3.05) is 20.3 Å². The molecule has 0 aliphatic heterocycles. The van der Waals surface area contributed by atoms with Crippen molar-refractivity contribution in [2.24, 2.45) is 17.1 Å². The molecule has 1 aliphatic carbocycles. The number of halogens is 1. The molecule has 2 atom stereocenters. The highest BCUT2D eigenvalue weighted by molar-refractivity contribution is 5.85. The lowest BCUT2D eigenvalue weighted by Gasteiger charge is -2.42. The van der Waals surface area contributed by atoms with Crippen molar-refractivity contribution in [3.63, 3.8) is 0 Å². The minimum atomic E-state index is -0.380. The number of nitrogens with one attached hydrogen (secondary N) is 1. The van der Waals surface area contributed by atoms with Crippen LogP contribution in [0.4, 0.5) is 0 Å². The summed E-state index contributed by atoms with van der Waals surface area (Å²) in [5.74, 6) is 0.231. The van der Waals surface area contributed by atoms with Crippen LogP contribution in [0.2, 0.25) is 0 Å². The van der Waals surface area contributed by atoms with Crippen molar-refractivity contribution >= 4 is 18.3 Å². The Labute approximate surface area is 123 Å². The van der Waals surface area contributed by atoms with Gasteiger partial charge in [0.2, 0.25) is 5.91 Å². The van der Waals surface area contributed by atoms with Crippen molar-refractivity contribution in [3.05, 3.63) is 0 Å².